The van der Waals surface area contributed by atoms with Crippen LogP contribution in [0.5, 0.6) is 5.75 Å². The van der Waals surface area contributed by atoms with Gasteiger partial charge in [0, 0.05) is 0 Å². The molecule has 0 fully saturated rings. The third-order valence-corrected chi connectivity index (χ3v) is 3.97. The van der Waals surface area contributed by atoms with Crippen molar-refractivity contribution in [2.45, 2.75) is 19.9 Å². The van der Waals surface area contributed by atoms with Gasteiger partial charge in [0.05, 0.1) is 6.26 Å². The minimum atomic E-state index is -0.342. The number of amides is 1. The SMILES string of the molecule is Cc1ccc(C)c(OCC(=O)N[C@@H](c2ccccc2)c2ccco2)c1. The minimum absolute atomic E-state index is 0.0473. The van der Waals surface area contributed by atoms with Crippen LogP contribution in [0, 0.1) is 13.8 Å². The van der Waals surface area contributed by atoms with Crippen LogP contribution in [0.4, 0.5) is 0 Å². The van der Waals surface area contributed by atoms with E-state index in [0.717, 1.165) is 22.4 Å². The maximum absolute atomic E-state index is 12.4. The van der Waals surface area contributed by atoms with Gasteiger partial charge in [-0.1, -0.05) is 42.5 Å². The highest BCUT2D eigenvalue weighted by molar-refractivity contribution is 5.78. The summed E-state index contributed by atoms with van der Waals surface area (Å²) in [5, 5.41) is 2.98. The van der Waals surface area contributed by atoms with Crippen LogP contribution in [-0.4, -0.2) is 12.5 Å². The number of carbonyl (C=O) groups is 1. The van der Waals surface area contributed by atoms with Gasteiger partial charge in [-0.05, 0) is 48.7 Å². The van der Waals surface area contributed by atoms with Crippen molar-refractivity contribution in [1.82, 2.24) is 5.32 Å². The molecule has 2 aromatic carbocycles. The van der Waals surface area contributed by atoms with Crippen LogP contribution in [0.1, 0.15) is 28.5 Å². The number of hydrogen-bond donors (Lipinski definition) is 1. The molecule has 25 heavy (non-hydrogen) atoms. The second-order valence-corrected chi connectivity index (χ2v) is 5.98. The second-order valence-electron chi connectivity index (χ2n) is 5.98. The van der Waals surface area contributed by atoms with Crippen molar-refractivity contribution >= 4 is 5.91 Å². The maximum atomic E-state index is 12.4. The summed E-state index contributed by atoms with van der Waals surface area (Å²) in [6, 6.07) is 19.0. The first-order valence-electron chi connectivity index (χ1n) is 8.21. The summed E-state index contributed by atoms with van der Waals surface area (Å²) in [6.07, 6.45) is 1.60. The molecule has 4 heteroatoms. The first kappa shape index (κ1) is 16.8. The zero-order valence-electron chi connectivity index (χ0n) is 14.4. The van der Waals surface area contributed by atoms with Crippen molar-refractivity contribution in [3.63, 3.8) is 0 Å². The largest absolute Gasteiger partial charge is 0.483 e. The molecule has 1 N–H and O–H groups in total. The van der Waals surface area contributed by atoms with Gasteiger partial charge >= 0.3 is 0 Å². The smallest absolute Gasteiger partial charge is 0.258 e. The molecule has 1 aromatic heterocycles. The third-order valence-electron chi connectivity index (χ3n) is 3.97. The average Bonchev–Trinajstić information content (AvgIpc) is 3.15. The molecule has 1 amide bonds. The molecule has 4 nitrogen and oxygen atoms in total. The van der Waals surface area contributed by atoms with Gasteiger partial charge < -0.3 is 14.5 Å². The van der Waals surface area contributed by atoms with Crippen LogP contribution >= 0.6 is 0 Å². The summed E-state index contributed by atoms with van der Waals surface area (Å²) in [5.41, 5.74) is 3.06. The van der Waals surface area contributed by atoms with Crippen molar-refractivity contribution in [3.8, 4) is 5.75 Å². The molecule has 3 aromatic rings. The van der Waals surface area contributed by atoms with Gasteiger partial charge in [-0.15, -0.1) is 0 Å². The Morgan fingerprint density at radius 3 is 2.60 bits per heavy atom. The number of carbonyl (C=O) groups excluding carboxylic acids is 1. The van der Waals surface area contributed by atoms with Gasteiger partial charge in [-0.2, -0.15) is 0 Å². The monoisotopic (exact) mass is 335 g/mol. The van der Waals surface area contributed by atoms with Crippen LogP contribution in [0.25, 0.3) is 0 Å². The van der Waals surface area contributed by atoms with Crippen molar-refractivity contribution in [2.75, 3.05) is 6.61 Å². The number of benzene rings is 2. The Balaban J connectivity index is 1.70. The molecule has 0 aliphatic rings. The Kier molecular flexibility index (Phi) is 5.19. The fourth-order valence-corrected chi connectivity index (χ4v) is 2.63. The fraction of sp³-hybridized carbons (Fsp3) is 0.190. The first-order chi connectivity index (χ1) is 12.1. The van der Waals surface area contributed by atoms with Crippen LogP contribution in [0.2, 0.25) is 0 Å². The number of aryl methyl sites for hydroxylation is 2. The molecular formula is C21H21NO3. The summed E-state index contributed by atoms with van der Waals surface area (Å²) >= 11 is 0. The number of hydrogen-bond acceptors (Lipinski definition) is 3. The lowest BCUT2D eigenvalue weighted by molar-refractivity contribution is -0.123. The average molecular weight is 335 g/mol. The fourth-order valence-electron chi connectivity index (χ4n) is 2.63. The van der Waals surface area contributed by atoms with Crippen molar-refractivity contribution in [2.24, 2.45) is 0 Å². The van der Waals surface area contributed by atoms with Crippen LogP contribution < -0.4 is 10.1 Å². The predicted octanol–water partition coefficient (Wildman–Crippen LogP) is 4.18. The summed E-state index contributed by atoms with van der Waals surface area (Å²) in [5.74, 6) is 1.21. The number of ether oxygens (including phenoxy) is 1. The topological polar surface area (TPSA) is 51.5 Å². The molecule has 1 atom stereocenters. The third kappa shape index (κ3) is 4.29. The maximum Gasteiger partial charge on any atom is 0.258 e. The lowest BCUT2D eigenvalue weighted by atomic mass is 10.0. The highest BCUT2D eigenvalue weighted by atomic mass is 16.5. The molecule has 0 saturated heterocycles. The van der Waals surface area contributed by atoms with E-state index in [1.807, 2.05) is 74.5 Å². The van der Waals surface area contributed by atoms with E-state index in [2.05, 4.69) is 5.32 Å². The molecule has 0 unspecified atom stereocenters. The van der Waals surface area contributed by atoms with Crippen LogP contribution in [0.3, 0.4) is 0 Å². The van der Waals surface area contributed by atoms with Gasteiger partial charge in [-0.25, -0.2) is 0 Å². The molecule has 1 heterocycles. The van der Waals surface area contributed by atoms with E-state index in [1.54, 1.807) is 6.26 Å². The lowest BCUT2D eigenvalue weighted by Crippen LogP contribution is -2.33. The predicted molar refractivity (Wildman–Crippen MR) is 96.5 cm³/mol. The number of furan rings is 1. The Hall–Kier alpha value is -3.01. The van der Waals surface area contributed by atoms with E-state index in [1.165, 1.54) is 0 Å². The van der Waals surface area contributed by atoms with Crippen molar-refractivity contribution in [3.05, 3.63) is 89.4 Å². The van der Waals surface area contributed by atoms with E-state index in [4.69, 9.17) is 9.15 Å². The summed E-state index contributed by atoms with van der Waals surface area (Å²) in [4.78, 5) is 12.4. The van der Waals surface area contributed by atoms with E-state index in [-0.39, 0.29) is 18.6 Å². The summed E-state index contributed by atoms with van der Waals surface area (Å²) in [6.45, 7) is 3.91. The molecule has 0 radical (unpaired) electrons. The quantitative estimate of drug-likeness (QED) is 0.735. The van der Waals surface area contributed by atoms with E-state index in [9.17, 15) is 4.79 Å². The Labute approximate surface area is 147 Å². The van der Waals surface area contributed by atoms with Gasteiger partial charge in [0.1, 0.15) is 17.6 Å². The first-order valence-corrected chi connectivity index (χ1v) is 8.21. The standard InChI is InChI=1S/C21H21NO3/c1-15-10-11-16(2)19(13-15)25-14-20(23)22-21(18-9-6-12-24-18)17-7-4-3-5-8-17/h3-13,21H,14H2,1-2H3,(H,22,23)/t21-/m0/s1. The Bertz CT molecular complexity index is 826. The normalized spacial score (nSPS) is 11.8. The molecule has 0 spiro atoms. The highest BCUT2D eigenvalue weighted by Crippen LogP contribution is 2.23. The lowest BCUT2D eigenvalue weighted by Gasteiger charge is -2.18. The minimum Gasteiger partial charge on any atom is -0.483 e. The molecule has 0 bridgehead atoms. The van der Waals surface area contributed by atoms with Crippen molar-refractivity contribution < 1.29 is 13.9 Å². The number of nitrogens with one attached hydrogen (secondary N) is 1. The van der Waals surface area contributed by atoms with Crippen LogP contribution in [0.15, 0.2) is 71.3 Å². The van der Waals surface area contributed by atoms with E-state index < -0.39 is 0 Å². The Morgan fingerprint density at radius 2 is 1.88 bits per heavy atom. The van der Waals surface area contributed by atoms with E-state index in [0.29, 0.717) is 5.76 Å². The Morgan fingerprint density at radius 1 is 1.08 bits per heavy atom. The summed E-state index contributed by atoms with van der Waals surface area (Å²) in [7, 11) is 0. The van der Waals surface area contributed by atoms with Gasteiger partial charge in [0.25, 0.3) is 5.91 Å². The zero-order chi connectivity index (χ0) is 17.6. The summed E-state index contributed by atoms with van der Waals surface area (Å²) < 4.78 is 11.2. The second kappa shape index (κ2) is 7.71. The number of rotatable bonds is 6. The van der Waals surface area contributed by atoms with Gasteiger partial charge in [-0.3, -0.25) is 4.79 Å². The molecule has 0 aliphatic heterocycles. The highest BCUT2D eigenvalue weighted by Gasteiger charge is 2.19. The zero-order valence-corrected chi connectivity index (χ0v) is 14.4. The molecule has 0 aliphatic carbocycles. The van der Waals surface area contributed by atoms with Gasteiger partial charge in [0.15, 0.2) is 6.61 Å². The van der Waals surface area contributed by atoms with Crippen LogP contribution in [-0.2, 0) is 4.79 Å². The molecule has 0 saturated carbocycles. The van der Waals surface area contributed by atoms with E-state index >= 15 is 0 Å². The van der Waals surface area contributed by atoms with Crippen molar-refractivity contribution in [1.29, 1.82) is 0 Å². The van der Waals surface area contributed by atoms with Gasteiger partial charge in [0.2, 0.25) is 0 Å². The molecular weight excluding hydrogens is 314 g/mol. The molecule has 128 valence electrons. The molecule has 3 rings (SSSR count).